The molecule has 2 aromatic carbocycles. The number of anilines is 2. The van der Waals surface area contributed by atoms with Crippen molar-refractivity contribution >= 4 is 17.3 Å². The molecule has 4 heteroatoms. The molecule has 0 saturated carbocycles. The van der Waals surface area contributed by atoms with Gasteiger partial charge in [0.05, 0.1) is 0 Å². The second-order valence-electron chi connectivity index (χ2n) is 5.72. The molecular formula is C19H24N2O2. The molecule has 0 aliphatic rings. The van der Waals surface area contributed by atoms with Gasteiger partial charge in [-0.15, -0.1) is 0 Å². The first kappa shape index (κ1) is 16.9. The first-order valence-corrected chi connectivity index (χ1v) is 7.93. The highest BCUT2D eigenvalue weighted by molar-refractivity contribution is 5.94. The van der Waals surface area contributed by atoms with Crippen molar-refractivity contribution < 1.29 is 9.53 Å². The maximum Gasteiger partial charge on any atom is 0.265 e. The van der Waals surface area contributed by atoms with Crippen LogP contribution in [0.1, 0.15) is 38.7 Å². The number of carbonyl (C=O) groups is 1. The maximum atomic E-state index is 12.3. The molecule has 0 aromatic heterocycles. The Morgan fingerprint density at radius 1 is 1.13 bits per heavy atom. The van der Waals surface area contributed by atoms with Crippen molar-refractivity contribution in [3.8, 4) is 5.75 Å². The van der Waals surface area contributed by atoms with E-state index >= 15 is 0 Å². The Hall–Kier alpha value is -2.49. The lowest BCUT2D eigenvalue weighted by Gasteiger charge is -2.19. The zero-order chi connectivity index (χ0) is 16.8. The van der Waals surface area contributed by atoms with Crippen LogP contribution in [0.15, 0.2) is 48.5 Å². The topological polar surface area (TPSA) is 64.3 Å². The molecule has 0 heterocycles. The van der Waals surface area contributed by atoms with E-state index in [0.29, 0.717) is 17.3 Å². The first-order chi connectivity index (χ1) is 11.0. The monoisotopic (exact) mass is 312 g/mol. The fourth-order valence-corrected chi connectivity index (χ4v) is 2.27. The number of amides is 1. The van der Waals surface area contributed by atoms with E-state index in [0.717, 1.165) is 17.7 Å². The van der Waals surface area contributed by atoms with Crippen LogP contribution >= 0.6 is 0 Å². The second kappa shape index (κ2) is 7.68. The minimum absolute atomic E-state index is 0.186. The van der Waals surface area contributed by atoms with Gasteiger partial charge in [-0.3, -0.25) is 4.79 Å². The number of nitrogens with two attached hydrogens (primary N) is 1. The summed E-state index contributed by atoms with van der Waals surface area (Å²) in [6, 6.07) is 14.9. The molecule has 0 unspecified atom stereocenters. The van der Waals surface area contributed by atoms with Gasteiger partial charge in [-0.05, 0) is 55.2 Å². The third kappa shape index (κ3) is 4.49. The standard InChI is InChI=1S/C19H24N2O2/c1-4-13(2)17-7-5-6-8-18(17)23-14(3)19(22)21-16-11-9-15(20)10-12-16/h5-14H,4,20H2,1-3H3,(H,21,22)/t13-,14+/m0/s1. The van der Waals surface area contributed by atoms with Gasteiger partial charge in [-0.1, -0.05) is 32.0 Å². The fourth-order valence-electron chi connectivity index (χ4n) is 2.27. The van der Waals surface area contributed by atoms with Gasteiger partial charge in [0.2, 0.25) is 0 Å². The summed E-state index contributed by atoms with van der Waals surface area (Å²) in [5, 5.41) is 2.83. The van der Waals surface area contributed by atoms with E-state index in [9.17, 15) is 4.79 Å². The van der Waals surface area contributed by atoms with E-state index in [-0.39, 0.29) is 5.91 Å². The number of ether oxygens (including phenoxy) is 1. The van der Waals surface area contributed by atoms with Crippen LogP contribution in [-0.2, 0) is 4.79 Å². The van der Waals surface area contributed by atoms with E-state index in [2.05, 4.69) is 19.2 Å². The normalized spacial score (nSPS) is 13.2. The molecule has 1 amide bonds. The Morgan fingerprint density at radius 2 is 1.78 bits per heavy atom. The van der Waals surface area contributed by atoms with E-state index in [1.165, 1.54) is 0 Å². The van der Waals surface area contributed by atoms with Gasteiger partial charge in [-0.2, -0.15) is 0 Å². The first-order valence-electron chi connectivity index (χ1n) is 7.93. The van der Waals surface area contributed by atoms with Crippen LogP contribution in [0.3, 0.4) is 0 Å². The summed E-state index contributed by atoms with van der Waals surface area (Å²) < 4.78 is 5.89. The summed E-state index contributed by atoms with van der Waals surface area (Å²) in [6.07, 6.45) is 0.435. The molecule has 0 saturated heterocycles. The van der Waals surface area contributed by atoms with Crippen LogP contribution in [-0.4, -0.2) is 12.0 Å². The number of rotatable bonds is 6. The Labute approximate surface area is 137 Å². The highest BCUT2D eigenvalue weighted by atomic mass is 16.5. The van der Waals surface area contributed by atoms with Crippen molar-refractivity contribution in [3.63, 3.8) is 0 Å². The van der Waals surface area contributed by atoms with Crippen molar-refractivity contribution in [2.24, 2.45) is 0 Å². The highest BCUT2D eigenvalue weighted by Crippen LogP contribution is 2.29. The molecule has 3 N–H and O–H groups in total. The van der Waals surface area contributed by atoms with Gasteiger partial charge in [0, 0.05) is 11.4 Å². The van der Waals surface area contributed by atoms with Crippen LogP contribution in [0.5, 0.6) is 5.75 Å². The molecule has 0 aliphatic heterocycles. The number of benzene rings is 2. The molecule has 0 bridgehead atoms. The predicted molar refractivity (Wildman–Crippen MR) is 94.7 cm³/mol. The third-order valence-electron chi connectivity index (χ3n) is 3.91. The van der Waals surface area contributed by atoms with Gasteiger partial charge in [0.15, 0.2) is 6.10 Å². The summed E-state index contributed by atoms with van der Waals surface area (Å²) in [4.78, 5) is 12.3. The zero-order valence-electron chi connectivity index (χ0n) is 13.9. The molecule has 4 nitrogen and oxygen atoms in total. The Morgan fingerprint density at radius 3 is 2.43 bits per heavy atom. The number of hydrogen-bond acceptors (Lipinski definition) is 3. The lowest BCUT2D eigenvalue weighted by atomic mass is 9.98. The van der Waals surface area contributed by atoms with Crippen LogP contribution in [0.2, 0.25) is 0 Å². The second-order valence-corrected chi connectivity index (χ2v) is 5.72. The molecule has 0 aliphatic carbocycles. The lowest BCUT2D eigenvalue weighted by Crippen LogP contribution is -2.30. The Kier molecular flexibility index (Phi) is 5.63. The van der Waals surface area contributed by atoms with E-state index in [4.69, 9.17) is 10.5 Å². The molecule has 23 heavy (non-hydrogen) atoms. The van der Waals surface area contributed by atoms with Gasteiger partial charge in [0.1, 0.15) is 5.75 Å². The molecule has 0 fully saturated rings. The molecular weight excluding hydrogens is 288 g/mol. The van der Waals surface area contributed by atoms with Gasteiger partial charge >= 0.3 is 0 Å². The van der Waals surface area contributed by atoms with Gasteiger partial charge in [-0.25, -0.2) is 0 Å². The van der Waals surface area contributed by atoms with Gasteiger partial charge < -0.3 is 15.8 Å². The predicted octanol–water partition coefficient (Wildman–Crippen LogP) is 4.19. The SMILES string of the molecule is CC[C@H](C)c1ccccc1O[C@H](C)C(=O)Nc1ccc(N)cc1. The number of para-hydroxylation sites is 1. The number of hydrogen-bond donors (Lipinski definition) is 2. The third-order valence-corrected chi connectivity index (χ3v) is 3.91. The van der Waals surface area contributed by atoms with E-state index in [1.807, 2.05) is 24.3 Å². The van der Waals surface area contributed by atoms with E-state index in [1.54, 1.807) is 31.2 Å². The number of carbonyl (C=O) groups excluding carboxylic acids is 1. The summed E-state index contributed by atoms with van der Waals surface area (Å²) in [5.41, 5.74) is 8.13. The van der Waals surface area contributed by atoms with Crippen molar-refractivity contribution in [2.45, 2.75) is 39.2 Å². The minimum Gasteiger partial charge on any atom is -0.481 e. The smallest absolute Gasteiger partial charge is 0.265 e. The molecule has 2 rings (SSSR count). The molecule has 2 aromatic rings. The quantitative estimate of drug-likeness (QED) is 0.786. The average molecular weight is 312 g/mol. The van der Waals surface area contributed by atoms with Crippen molar-refractivity contribution in [3.05, 3.63) is 54.1 Å². The van der Waals surface area contributed by atoms with Crippen LogP contribution < -0.4 is 15.8 Å². The zero-order valence-corrected chi connectivity index (χ0v) is 13.9. The average Bonchev–Trinajstić information content (AvgIpc) is 2.56. The minimum atomic E-state index is -0.585. The van der Waals surface area contributed by atoms with Crippen molar-refractivity contribution in [1.29, 1.82) is 0 Å². The largest absolute Gasteiger partial charge is 0.481 e. The maximum absolute atomic E-state index is 12.3. The van der Waals surface area contributed by atoms with Crippen LogP contribution in [0, 0.1) is 0 Å². The summed E-state index contributed by atoms with van der Waals surface area (Å²) in [7, 11) is 0. The van der Waals surface area contributed by atoms with Crippen LogP contribution in [0.25, 0.3) is 0 Å². The highest BCUT2D eigenvalue weighted by Gasteiger charge is 2.18. The summed E-state index contributed by atoms with van der Waals surface area (Å²) in [6.45, 7) is 6.04. The number of nitrogens with one attached hydrogen (secondary N) is 1. The van der Waals surface area contributed by atoms with Gasteiger partial charge in [0.25, 0.3) is 5.91 Å². The van der Waals surface area contributed by atoms with Crippen molar-refractivity contribution in [2.75, 3.05) is 11.1 Å². The Balaban J connectivity index is 2.05. The van der Waals surface area contributed by atoms with Crippen LogP contribution in [0.4, 0.5) is 11.4 Å². The Bertz CT molecular complexity index is 653. The lowest BCUT2D eigenvalue weighted by molar-refractivity contribution is -0.122. The fraction of sp³-hybridized carbons (Fsp3) is 0.316. The van der Waals surface area contributed by atoms with E-state index < -0.39 is 6.10 Å². The molecule has 0 spiro atoms. The summed E-state index contributed by atoms with van der Waals surface area (Å²) in [5.74, 6) is 0.967. The summed E-state index contributed by atoms with van der Waals surface area (Å²) >= 11 is 0. The molecule has 122 valence electrons. The molecule has 0 radical (unpaired) electrons. The number of nitrogen functional groups attached to an aromatic ring is 1. The van der Waals surface area contributed by atoms with Crippen molar-refractivity contribution in [1.82, 2.24) is 0 Å². The molecule has 2 atom stereocenters.